The van der Waals surface area contributed by atoms with Crippen molar-refractivity contribution in [1.29, 1.82) is 0 Å². The molecule has 1 aromatic heterocycles. The minimum Gasteiger partial charge on any atom is -0.353 e. The van der Waals surface area contributed by atoms with Crippen LogP contribution in [0.1, 0.15) is 32.6 Å². The number of carbonyl (C=O) groups excluding carboxylic acids is 1. The Morgan fingerprint density at radius 2 is 2.22 bits per heavy atom. The summed E-state index contributed by atoms with van der Waals surface area (Å²) in [6, 6.07) is 5.45. The van der Waals surface area contributed by atoms with Gasteiger partial charge in [0.25, 0.3) is 0 Å². The minimum absolute atomic E-state index is 0.0335. The second-order valence-electron chi connectivity index (χ2n) is 7.57. The van der Waals surface area contributed by atoms with Crippen molar-refractivity contribution in [2.45, 2.75) is 43.8 Å². The van der Waals surface area contributed by atoms with Crippen molar-refractivity contribution in [3.63, 3.8) is 0 Å². The van der Waals surface area contributed by atoms with E-state index < -0.39 is 0 Å². The van der Waals surface area contributed by atoms with E-state index in [9.17, 15) is 4.79 Å². The molecule has 0 radical (unpaired) electrons. The second-order valence-corrected chi connectivity index (χ2v) is 9.36. The summed E-state index contributed by atoms with van der Waals surface area (Å²) in [5.41, 5.74) is 0.731. The Bertz CT molecular complexity index is 843. The molecule has 2 saturated carbocycles. The van der Waals surface area contributed by atoms with Gasteiger partial charge in [-0.05, 0) is 62.1 Å². The maximum Gasteiger partial charge on any atom is 0.230 e. The summed E-state index contributed by atoms with van der Waals surface area (Å²) in [6.07, 6.45) is 5.33. The van der Waals surface area contributed by atoms with Gasteiger partial charge in [0.05, 0.1) is 10.8 Å². The topological polar surface area (TPSA) is 70.7 Å². The Morgan fingerprint density at radius 3 is 2.93 bits per heavy atom. The van der Waals surface area contributed by atoms with Crippen LogP contribution in [0.4, 0.5) is 0 Å². The minimum atomic E-state index is 0.0335. The first-order chi connectivity index (χ1) is 13.0. The highest BCUT2D eigenvalue weighted by atomic mass is 35.5. The molecule has 2 aliphatic rings. The number of fused-ring (bicyclic) bond motifs is 2. The molecular weight excluding hydrogens is 403 g/mol. The zero-order chi connectivity index (χ0) is 19.0. The van der Waals surface area contributed by atoms with Gasteiger partial charge in [-0.1, -0.05) is 41.4 Å². The highest BCUT2D eigenvalue weighted by Gasteiger charge is 2.42. The van der Waals surface area contributed by atoms with Crippen LogP contribution in [-0.4, -0.2) is 32.9 Å². The molecule has 1 heterocycles. The number of thioether (sulfide) groups is 1. The first kappa shape index (κ1) is 19.1. The third-order valence-corrected chi connectivity index (χ3v) is 7.20. The van der Waals surface area contributed by atoms with Gasteiger partial charge in [-0.2, -0.15) is 0 Å². The molecule has 2 fully saturated rings. The monoisotopic (exact) mass is 424 g/mol. The Kier molecular flexibility index (Phi) is 5.67. The molecule has 4 unspecified atom stereocenters. The number of amides is 1. The van der Waals surface area contributed by atoms with Crippen LogP contribution in [0.15, 0.2) is 23.4 Å². The second kappa shape index (κ2) is 8.02. The molecule has 4 rings (SSSR count). The third-order valence-electron chi connectivity index (χ3n) is 5.81. The highest BCUT2D eigenvalue weighted by molar-refractivity contribution is 7.99. The number of aromatic nitrogens is 3. The van der Waals surface area contributed by atoms with E-state index in [0.29, 0.717) is 32.7 Å². The number of benzene rings is 1. The SMILES string of the molecule is CC(NC(=O)CSc1n[nH]c(-c2ccc(Cl)cc2Cl)n1)C1CC2CCC1C2. The highest BCUT2D eigenvalue weighted by Crippen LogP contribution is 2.49. The number of nitrogens with zero attached hydrogens (tertiary/aromatic N) is 2. The lowest BCUT2D eigenvalue weighted by Gasteiger charge is -2.28. The molecule has 2 N–H and O–H groups in total. The first-order valence-electron chi connectivity index (χ1n) is 9.29. The number of hydrogen-bond donors (Lipinski definition) is 2. The van der Waals surface area contributed by atoms with Crippen molar-refractivity contribution in [3.05, 3.63) is 28.2 Å². The maximum absolute atomic E-state index is 12.3. The van der Waals surface area contributed by atoms with Gasteiger partial charge in [0.15, 0.2) is 5.82 Å². The third kappa shape index (κ3) is 4.28. The largest absolute Gasteiger partial charge is 0.353 e. The van der Waals surface area contributed by atoms with Crippen LogP contribution < -0.4 is 5.32 Å². The number of halogens is 2. The number of nitrogens with one attached hydrogen (secondary N) is 2. The van der Waals surface area contributed by atoms with Crippen molar-refractivity contribution in [2.24, 2.45) is 17.8 Å². The first-order valence-corrected chi connectivity index (χ1v) is 11.0. The van der Waals surface area contributed by atoms with E-state index in [1.807, 2.05) is 0 Å². The van der Waals surface area contributed by atoms with Crippen LogP contribution in [0, 0.1) is 17.8 Å². The normalized spacial score (nSPS) is 24.9. The summed E-state index contributed by atoms with van der Waals surface area (Å²) in [4.78, 5) is 16.7. The van der Waals surface area contributed by atoms with E-state index in [2.05, 4.69) is 27.4 Å². The van der Waals surface area contributed by atoms with Crippen LogP contribution >= 0.6 is 35.0 Å². The van der Waals surface area contributed by atoms with Crippen LogP contribution in [-0.2, 0) is 4.79 Å². The van der Waals surface area contributed by atoms with Crippen molar-refractivity contribution in [3.8, 4) is 11.4 Å². The summed E-state index contributed by atoms with van der Waals surface area (Å²) in [5, 5.41) is 11.8. The molecule has 8 heteroatoms. The number of carbonyl (C=O) groups is 1. The van der Waals surface area contributed by atoms with Gasteiger partial charge in [0.2, 0.25) is 11.1 Å². The summed E-state index contributed by atoms with van der Waals surface area (Å²) in [7, 11) is 0. The molecule has 27 heavy (non-hydrogen) atoms. The van der Waals surface area contributed by atoms with Crippen molar-refractivity contribution in [2.75, 3.05) is 5.75 Å². The molecule has 2 aromatic rings. The van der Waals surface area contributed by atoms with Gasteiger partial charge in [-0.3, -0.25) is 9.89 Å². The van der Waals surface area contributed by atoms with Crippen molar-refractivity contribution < 1.29 is 4.79 Å². The van der Waals surface area contributed by atoms with E-state index in [4.69, 9.17) is 23.2 Å². The lowest BCUT2D eigenvalue weighted by atomic mass is 9.84. The fourth-order valence-corrected chi connectivity index (χ4v) is 5.66. The lowest BCUT2D eigenvalue weighted by Crippen LogP contribution is -2.40. The summed E-state index contributed by atoms with van der Waals surface area (Å²) >= 11 is 13.4. The molecule has 0 aliphatic heterocycles. The maximum atomic E-state index is 12.3. The molecular formula is C19H22Cl2N4OS. The zero-order valence-electron chi connectivity index (χ0n) is 15.0. The molecule has 2 bridgehead atoms. The Hall–Kier alpha value is -1.24. The van der Waals surface area contributed by atoms with Crippen LogP contribution in [0.5, 0.6) is 0 Å². The fourth-order valence-electron chi connectivity index (χ4n) is 4.55. The molecule has 2 aliphatic carbocycles. The van der Waals surface area contributed by atoms with Gasteiger partial charge >= 0.3 is 0 Å². The van der Waals surface area contributed by atoms with Gasteiger partial charge in [-0.25, -0.2) is 4.98 Å². The fraction of sp³-hybridized carbons (Fsp3) is 0.526. The van der Waals surface area contributed by atoms with Gasteiger partial charge in [0, 0.05) is 16.6 Å². The molecule has 1 aromatic carbocycles. The molecule has 0 spiro atoms. The van der Waals surface area contributed by atoms with E-state index >= 15 is 0 Å². The Morgan fingerprint density at radius 1 is 1.37 bits per heavy atom. The molecule has 1 amide bonds. The van der Waals surface area contributed by atoms with Crippen LogP contribution in [0.25, 0.3) is 11.4 Å². The summed E-state index contributed by atoms with van der Waals surface area (Å²) in [5.74, 6) is 3.23. The smallest absolute Gasteiger partial charge is 0.230 e. The van der Waals surface area contributed by atoms with Gasteiger partial charge < -0.3 is 5.32 Å². The molecule has 0 saturated heterocycles. The number of rotatable bonds is 6. The van der Waals surface area contributed by atoms with Gasteiger partial charge in [0.1, 0.15) is 0 Å². The average molecular weight is 425 g/mol. The van der Waals surface area contributed by atoms with Crippen molar-refractivity contribution in [1.82, 2.24) is 20.5 Å². The number of hydrogen-bond acceptors (Lipinski definition) is 4. The molecule has 4 atom stereocenters. The van der Waals surface area contributed by atoms with Crippen LogP contribution in [0.2, 0.25) is 10.0 Å². The standard InChI is InChI=1S/C19H22Cl2N4OS/c1-10(15-7-11-2-3-12(15)6-11)22-17(26)9-27-19-23-18(24-25-19)14-5-4-13(20)8-16(14)21/h4-5,8,10-12,15H,2-3,6-7,9H2,1H3,(H,22,26)(H,23,24,25). The average Bonchev–Trinajstić information content (AvgIpc) is 3.36. The predicted molar refractivity (Wildman–Crippen MR) is 109 cm³/mol. The van der Waals surface area contributed by atoms with E-state index in [1.165, 1.54) is 37.4 Å². The number of aromatic amines is 1. The lowest BCUT2D eigenvalue weighted by molar-refractivity contribution is -0.119. The quantitative estimate of drug-likeness (QED) is 0.652. The summed E-state index contributed by atoms with van der Waals surface area (Å²) in [6.45, 7) is 2.14. The van der Waals surface area contributed by atoms with E-state index in [-0.39, 0.29) is 11.9 Å². The van der Waals surface area contributed by atoms with E-state index in [0.717, 1.165) is 17.4 Å². The van der Waals surface area contributed by atoms with E-state index in [1.54, 1.807) is 18.2 Å². The molecule has 144 valence electrons. The Balaban J connectivity index is 1.30. The predicted octanol–water partition coefficient (Wildman–Crippen LogP) is 4.81. The summed E-state index contributed by atoms with van der Waals surface area (Å²) < 4.78 is 0. The Labute approximate surface area is 173 Å². The van der Waals surface area contributed by atoms with Gasteiger partial charge in [-0.15, -0.1) is 5.10 Å². The zero-order valence-corrected chi connectivity index (χ0v) is 17.4. The number of H-pyrrole nitrogens is 1. The van der Waals surface area contributed by atoms with Crippen molar-refractivity contribution >= 4 is 40.9 Å². The molecule has 5 nitrogen and oxygen atoms in total. The van der Waals surface area contributed by atoms with Crippen LogP contribution in [0.3, 0.4) is 0 Å².